The fraction of sp³-hybridized carbons (Fsp3) is 0.429. The van der Waals surface area contributed by atoms with Gasteiger partial charge in [0.25, 0.3) is 5.91 Å². The minimum Gasteiger partial charge on any atom is -0.484 e. The Kier molecular flexibility index (Phi) is 5.36. The molecule has 0 aliphatic carbocycles. The highest BCUT2D eigenvalue weighted by molar-refractivity contribution is 5.94. The Morgan fingerprint density at radius 2 is 2.11 bits per heavy atom. The summed E-state index contributed by atoms with van der Waals surface area (Å²) in [5, 5.41) is 2.81. The highest BCUT2D eigenvalue weighted by Gasteiger charge is 2.07. The number of Topliss-reactive ketones (excluding diaryl/α,β-unsaturated/α-hetero) is 1. The van der Waals surface area contributed by atoms with Gasteiger partial charge in [0.2, 0.25) is 0 Å². The fourth-order valence-corrected chi connectivity index (χ4v) is 1.37. The number of ether oxygens (including phenoxy) is 1. The first kappa shape index (κ1) is 14.2. The Bertz CT molecular complexity index is 429. The summed E-state index contributed by atoms with van der Waals surface area (Å²) in [6.45, 7) is 5.40. The quantitative estimate of drug-likeness (QED) is 0.786. The van der Waals surface area contributed by atoms with Gasteiger partial charge in [0, 0.05) is 11.6 Å². The molecule has 1 aromatic carbocycles. The number of nitrogens with one attached hydrogen (secondary N) is 1. The number of hydrogen-bond acceptors (Lipinski definition) is 3. The molecule has 1 rings (SSSR count). The van der Waals surface area contributed by atoms with Crippen LogP contribution in [0, 0.1) is 0 Å². The van der Waals surface area contributed by atoms with Crippen molar-refractivity contribution >= 4 is 11.7 Å². The van der Waals surface area contributed by atoms with E-state index in [4.69, 9.17) is 4.74 Å². The lowest BCUT2D eigenvalue weighted by Crippen LogP contribution is -2.35. The van der Waals surface area contributed by atoms with Crippen molar-refractivity contribution in [2.24, 2.45) is 0 Å². The zero-order chi connectivity index (χ0) is 13.5. The maximum Gasteiger partial charge on any atom is 0.258 e. The van der Waals surface area contributed by atoms with E-state index in [0.717, 1.165) is 6.42 Å². The maximum absolute atomic E-state index is 11.5. The number of amides is 1. The van der Waals surface area contributed by atoms with E-state index in [1.54, 1.807) is 24.3 Å². The minimum atomic E-state index is -0.155. The van der Waals surface area contributed by atoms with Crippen LogP contribution in [0.4, 0.5) is 0 Å². The van der Waals surface area contributed by atoms with E-state index in [2.05, 4.69) is 5.32 Å². The van der Waals surface area contributed by atoms with Crippen LogP contribution >= 0.6 is 0 Å². The fourth-order valence-electron chi connectivity index (χ4n) is 1.37. The lowest BCUT2D eigenvalue weighted by molar-refractivity contribution is -0.123. The first-order chi connectivity index (χ1) is 8.52. The smallest absolute Gasteiger partial charge is 0.258 e. The first-order valence-corrected chi connectivity index (χ1v) is 6.06. The second-order valence-corrected chi connectivity index (χ2v) is 4.25. The molecule has 98 valence electrons. The van der Waals surface area contributed by atoms with Gasteiger partial charge in [0.05, 0.1) is 0 Å². The summed E-state index contributed by atoms with van der Waals surface area (Å²) < 4.78 is 5.34. The molecule has 0 saturated heterocycles. The maximum atomic E-state index is 11.5. The molecule has 0 aliphatic heterocycles. The average molecular weight is 249 g/mol. The van der Waals surface area contributed by atoms with Gasteiger partial charge in [-0.25, -0.2) is 0 Å². The predicted octanol–water partition coefficient (Wildman–Crippen LogP) is 2.18. The summed E-state index contributed by atoms with van der Waals surface area (Å²) in [5.74, 6) is 0.351. The molecule has 0 bridgehead atoms. The predicted molar refractivity (Wildman–Crippen MR) is 69.8 cm³/mol. The Labute approximate surface area is 107 Å². The van der Waals surface area contributed by atoms with Gasteiger partial charge < -0.3 is 10.1 Å². The Morgan fingerprint density at radius 3 is 2.72 bits per heavy atom. The normalized spacial score (nSPS) is 11.7. The SMILES string of the molecule is CC[C@H](C)NC(=O)COc1cccc(C(C)=O)c1. The van der Waals surface area contributed by atoms with Crippen molar-refractivity contribution in [1.29, 1.82) is 0 Å². The Balaban J connectivity index is 2.50. The van der Waals surface area contributed by atoms with E-state index >= 15 is 0 Å². The summed E-state index contributed by atoms with van der Waals surface area (Å²) in [4.78, 5) is 22.7. The van der Waals surface area contributed by atoms with Crippen molar-refractivity contribution in [3.8, 4) is 5.75 Å². The van der Waals surface area contributed by atoms with Crippen molar-refractivity contribution < 1.29 is 14.3 Å². The Hall–Kier alpha value is -1.84. The second-order valence-electron chi connectivity index (χ2n) is 4.25. The van der Waals surface area contributed by atoms with Crippen molar-refractivity contribution in [1.82, 2.24) is 5.32 Å². The third kappa shape index (κ3) is 4.57. The van der Waals surface area contributed by atoms with Gasteiger partial charge in [-0.05, 0) is 32.4 Å². The van der Waals surface area contributed by atoms with Gasteiger partial charge in [-0.2, -0.15) is 0 Å². The van der Waals surface area contributed by atoms with Crippen molar-refractivity contribution in [2.45, 2.75) is 33.2 Å². The van der Waals surface area contributed by atoms with E-state index in [0.29, 0.717) is 11.3 Å². The van der Waals surface area contributed by atoms with E-state index in [1.165, 1.54) is 6.92 Å². The molecular weight excluding hydrogens is 230 g/mol. The van der Waals surface area contributed by atoms with Crippen molar-refractivity contribution in [3.63, 3.8) is 0 Å². The van der Waals surface area contributed by atoms with Crippen molar-refractivity contribution in [2.75, 3.05) is 6.61 Å². The zero-order valence-corrected chi connectivity index (χ0v) is 11.0. The summed E-state index contributed by atoms with van der Waals surface area (Å²) >= 11 is 0. The van der Waals surface area contributed by atoms with E-state index in [1.807, 2.05) is 13.8 Å². The molecule has 4 heteroatoms. The monoisotopic (exact) mass is 249 g/mol. The molecule has 0 aliphatic rings. The van der Waals surface area contributed by atoms with Crippen LogP contribution in [0.2, 0.25) is 0 Å². The topological polar surface area (TPSA) is 55.4 Å². The molecule has 1 atom stereocenters. The molecule has 0 saturated carbocycles. The lowest BCUT2D eigenvalue weighted by atomic mass is 10.1. The third-order valence-corrected chi connectivity index (χ3v) is 2.63. The molecule has 0 spiro atoms. The first-order valence-electron chi connectivity index (χ1n) is 6.06. The highest BCUT2D eigenvalue weighted by atomic mass is 16.5. The number of carbonyl (C=O) groups is 2. The minimum absolute atomic E-state index is 0.0236. The van der Waals surface area contributed by atoms with Gasteiger partial charge in [0.15, 0.2) is 12.4 Å². The molecule has 0 heterocycles. The zero-order valence-electron chi connectivity index (χ0n) is 11.0. The summed E-state index contributed by atoms with van der Waals surface area (Å²) in [6, 6.07) is 6.96. The van der Waals surface area contributed by atoms with Gasteiger partial charge in [-0.15, -0.1) is 0 Å². The molecule has 18 heavy (non-hydrogen) atoms. The average Bonchev–Trinajstić information content (AvgIpc) is 2.36. The molecule has 1 amide bonds. The van der Waals surface area contributed by atoms with E-state index in [9.17, 15) is 9.59 Å². The summed E-state index contributed by atoms with van der Waals surface area (Å²) in [7, 11) is 0. The van der Waals surface area contributed by atoms with Crippen LogP contribution in [0.15, 0.2) is 24.3 Å². The third-order valence-electron chi connectivity index (χ3n) is 2.63. The number of hydrogen-bond donors (Lipinski definition) is 1. The molecule has 0 fully saturated rings. The van der Waals surface area contributed by atoms with Crippen LogP contribution < -0.4 is 10.1 Å². The number of rotatable bonds is 6. The van der Waals surface area contributed by atoms with Crippen LogP contribution in [0.3, 0.4) is 0 Å². The van der Waals surface area contributed by atoms with E-state index < -0.39 is 0 Å². The molecule has 4 nitrogen and oxygen atoms in total. The van der Waals surface area contributed by atoms with Gasteiger partial charge in [-0.3, -0.25) is 9.59 Å². The number of benzene rings is 1. The lowest BCUT2D eigenvalue weighted by Gasteiger charge is -2.12. The van der Waals surface area contributed by atoms with E-state index in [-0.39, 0.29) is 24.3 Å². The van der Waals surface area contributed by atoms with Gasteiger partial charge >= 0.3 is 0 Å². The molecule has 0 aromatic heterocycles. The van der Waals surface area contributed by atoms with Crippen LogP contribution in [-0.2, 0) is 4.79 Å². The summed E-state index contributed by atoms with van der Waals surface area (Å²) in [6.07, 6.45) is 0.881. The van der Waals surface area contributed by atoms with Crippen LogP contribution in [0.1, 0.15) is 37.6 Å². The van der Waals surface area contributed by atoms with Crippen LogP contribution in [0.25, 0.3) is 0 Å². The largest absolute Gasteiger partial charge is 0.484 e. The molecule has 1 N–H and O–H groups in total. The van der Waals surface area contributed by atoms with Gasteiger partial charge in [0.1, 0.15) is 5.75 Å². The highest BCUT2D eigenvalue weighted by Crippen LogP contribution is 2.13. The van der Waals surface area contributed by atoms with Crippen LogP contribution in [0.5, 0.6) is 5.75 Å². The van der Waals surface area contributed by atoms with Crippen LogP contribution in [-0.4, -0.2) is 24.3 Å². The molecular formula is C14H19NO3. The summed E-state index contributed by atoms with van der Waals surface area (Å²) in [5.41, 5.74) is 0.579. The Morgan fingerprint density at radius 1 is 1.39 bits per heavy atom. The van der Waals surface area contributed by atoms with Gasteiger partial charge in [-0.1, -0.05) is 19.1 Å². The molecule has 0 radical (unpaired) electrons. The second kappa shape index (κ2) is 6.79. The number of ketones is 1. The van der Waals surface area contributed by atoms with Crippen molar-refractivity contribution in [3.05, 3.63) is 29.8 Å². The molecule has 1 aromatic rings. The standard InChI is InChI=1S/C14H19NO3/c1-4-10(2)15-14(17)9-18-13-7-5-6-12(8-13)11(3)16/h5-8,10H,4,9H2,1-3H3,(H,15,17)/t10-/m0/s1. The molecule has 0 unspecified atom stereocenters. The number of carbonyl (C=O) groups excluding carboxylic acids is 2.